The highest BCUT2D eigenvalue weighted by atomic mass is 19.4. The summed E-state index contributed by atoms with van der Waals surface area (Å²) in [7, 11) is 0. The Bertz CT molecular complexity index is 930. The fourth-order valence-electron chi connectivity index (χ4n) is 2.25. The summed E-state index contributed by atoms with van der Waals surface area (Å²) in [6.45, 7) is -0.256. The van der Waals surface area contributed by atoms with Crippen molar-refractivity contribution in [3.63, 3.8) is 0 Å². The molecule has 0 saturated heterocycles. The molecule has 160 valence electrons. The summed E-state index contributed by atoms with van der Waals surface area (Å²) >= 11 is 0. The molecule has 0 bridgehead atoms. The molecule has 2 aromatic carbocycles. The maximum atomic E-state index is 12.8. The van der Waals surface area contributed by atoms with Crippen molar-refractivity contribution in [1.29, 1.82) is 0 Å². The molecule has 0 heterocycles. The second-order valence-corrected chi connectivity index (χ2v) is 6.19. The van der Waals surface area contributed by atoms with Crippen LogP contribution in [0, 0.1) is 12.7 Å². The van der Waals surface area contributed by atoms with E-state index in [1.54, 1.807) is 12.2 Å². The molecule has 2 aromatic rings. The number of hydrogen-bond donors (Lipinski definition) is 4. The number of halogens is 4. The third kappa shape index (κ3) is 7.41. The van der Waals surface area contributed by atoms with Gasteiger partial charge in [0.2, 0.25) is 5.91 Å². The number of amides is 4. The van der Waals surface area contributed by atoms with Crippen LogP contribution in [0.5, 0.6) is 0 Å². The van der Waals surface area contributed by atoms with Gasteiger partial charge in [0.25, 0.3) is 5.91 Å². The molecule has 11 heteroatoms. The summed E-state index contributed by atoms with van der Waals surface area (Å²) in [5, 5.41) is 8.91. The first-order chi connectivity index (χ1) is 14.0. The van der Waals surface area contributed by atoms with Crippen molar-refractivity contribution < 1.29 is 31.9 Å². The molecule has 0 unspecified atom stereocenters. The molecule has 0 saturated carbocycles. The van der Waals surface area contributed by atoms with Crippen molar-refractivity contribution in [2.45, 2.75) is 13.1 Å². The predicted molar refractivity (Wildman–Crippen MR) is 102 cm³/mol. The van der Waals surface area contributed by atoms with Crippen molar-refractivity contribution in [1.82, 2.24) is 10.6 Å². The summed E-state index contributed by atoms with van der Waals surface area (Å²) in [5.41, 5.74) is 1.01. The van der Waals surface area contributed by atoms with Crippen LogP contribution < -0.4 is 21.3 Å². The van der Waals surface area contributed by atoms with Gasteiger partial charge in [0.05, 0.1) is 6.54 Å². The molecule has 4 amide bonds. The summed E-state index contributed by atoms with van der Waals surface area (Å²) in [6.07, 6.45) is -4.55. The van der Waals surface area contributed by atoms with Crippen LogP contribution in [-0.2, 0) is 4.79 Å². The largest absolute Gasteiger partial charge is 0.405 e. The number of benzene rings is 2. The molecule has 0 spiro atoms. The van der Waals surface area contributed by atoms with E-state index in [-0.39, 0.29) is 11.3 Å². The monoisotopic (exact) mass is 426 g/mol. The molecule has 2 rings (SSSR count). The van der Waals surface area contributed by atoms with Crippen LogP contribution in [-0.4, -0.2) is 37.1 Å². The summed E-state index contributed by atoms with van der Waals surface area (Å²) in [4.78, 5) is 35.7. The predicted octanol–water partition coefficient (Wildman–Crippen LogP) is 3.19. The molecule has 4 N–H and O–H groups in total. The zero-order chi connectivity index (χ0) is 22.3. The van der Waals surface area contributed by atoms with Gasteiger partial charge in [-0.05, 0) is 48.9 Å². The number of aryl methyl sites for hydroxylation is 1. The van der Waals surface area contributed by atoms with Gasteiger partial charge in [-0.3, -0.25) is 9.59 Å². The van der Waals surface area contributed by atoms with Gasteiger partial charge in [-0.15, -0.1) is 0 Å². The Kier molecular flexibility index (Phi) is 7.34. The lowest BCUT2D eigenvalue weighted by Gasteiger charge is -2.13. The maximum absolute atomic E-state index is 12.8. The van der Waals surface area contributed by atoms with Crippen LogP contribution in [0.3, 0.4) is 0 Å². The van der Waals surface area contributed by atoms with Crippen LogP contribution in [0.25, 0.3) is 0 Å². The molecular weight excluding hydrogens is 408 g/mol. The molecule has 7 nitrogen and oxygen atoms in total. The van der Waals surface area contributed by atoms with Crippen molar-refractivity contribution in [3.8, 4) is 0 Å². The number of carbonyl (C=O) groups is 3. The number of hydrogen-bond acceptors (Lipinski definition) is 3. The standard InChI is InChI=1S/C19H18F4N4O3/c1-11-2-3-12(17(29)25-10-19(21,22)23)8-15(11)27-18(30)24-9-16(28)26-14-6-4-13(20)5-7-14/h2-8H,9-10H2,1H3,(H,25,29)(H,26,28)(H2,24,27,30). The molecule has 0 aliphatic rings. The highest BCUT2D eigenvalue weighted by Crippen LogP contribution is 2.18. The zero-order valence-corrected chi connectivity index (χ0v) is 15.7. The van der Waals surface area contributed by atoms with Crippen LogP contribution in [0.4, 0.5) is 33.7 Å². The van der Waals surface area contributed by atoms with Crippen LogP contribution in [0.15, 0.2) is 42.5 Å². The molecule has 0 aromatic heterocycles. The van der Waals surface area contributed by atoms with E-state index in [0.717, 1.165) is 12.1 Å². The molecule has 0 radical (unpaired) electrons. The Hall–Kier alpha value is -3.63. The quantitative estimate of drug-likeness (QED) is 0.534. The molecule has 0 fully saturated rings. The first-order valence-electron chi connectivity index (χ1n) is 8.59. The average molecular weight is 426 g/mol. The third-order valence-electron chi connectivity index (χ3n) is 3.73. The fourth-order valence-corrected chi connectivity index (χ4v) is 2.25. The number of rotatable bonds is 6. The highest BCUT2D eigenvalue weighted by molar-refractivity contribution is 5.99. The van der Waals surface area contributed by atoms with Crippen molar-refractivity contribution in [2.24, 2.45) is 0 Å². The van der Waals surface area contributed by atoms with E-state index in [2.05, 4.69) is 16.0 Å². The summed E-state index contributed by atoms with van der Waals surface area (Å²) in [6, 6.07) is 8.27. The second kappa shape index (κ2) is 9.72. The van der Waals surface area contributed by atoms with Gasteiger partial charge >= 0.3 is 12.2 Å². The van der Waals surface area contributed by atoms with Gasteiger partial charge in [-0.2, -0.15) is 13.2 Å². The SMILES string of the molecule is Cc1ccc(C(=O)NCC(F)(F)F)cc1NC(=O)NCC(=O)Nc1ccc(F)cc1. The topological polar surface area (TPSA) is 99.3 Å². The number of carbonyl (C=O) groups excluding carboxylic acids is 3. The van der Waals surface area contributed by atoms with E-state index in [0.29, 0.717) is 11.3 Å². The van der Waals surface area contributed by atoms with Gasteiger partial charge in [0.1, 0.15) is 12.4 Å². The number of urea groups is 1. The highest BCUT2D eigenvalue weighted by Gasteiger charge is 2.28. The Labute approximate surface area is 168 Å². The maximum Gasteiger partial charge on any atom is 0.405 e. The van der Waals surface area contributed by atoms with E-state index in [4.69, 9.17) is 0 Å². The number of anilines is 2. The van der Waals surface area contributed by atoms with Gasteiger partial charge in [0.15, 0.2) is 0 Å². The normalized spacial score (nSPS) is 10.8. The van der Waals surface area contributed by atoms with E-state index >= 15 is 0 Å². The van der Waals surface area contributed by atoms with Crippen molar-refractivity contribution in [2.75, 3.05) is 23.7 Å². The van der Waals surface area contributed by atoms with Crippen LogP contribution in [0.2, 0.25) is 0 Å². The van der Waals surface area contributed by atoms with Crippen molar-refractivity contribution >= 4 is 29.2 Å². The first kappa shape index (κ1) is 22.7. The van der Waals surface area contributed by atoms with Gasteiger partial charge in [-0.25, -0.2) is 9.18 Å². The third-order valence-corrected chi connectivity index (χ3v) is 3.73. The number of alkyl halides is 3. The lowest BCUT2D eigenvalue weighted by atomic mass is 10.1. The molecular formula is C19H18F4N4O3. The average Bonchev–Trinajstić information content (AvgIpc) is 2.67. The Morgan fingerprint density at radius 3 is 2.23 bits per heavy atom. The minimum atomic E-state index is -4.55. The fraction of sp³-hybridized carbons (Fsp3) is 0.211. The zero-order valence-electron chi connectivity index (χ0n) is 15.7. The number of nitrogens with one attached hydrogen (secondary N) is 4. The first-order valence-corrected chi connectivity index (χ1v) is 8.59. The molecule has 0 aliphatic carbocycles. The Morgan fingerprint density at radius 2 is 1.60 bits per heavy atom. The lowest BCUT2D eigenvalue weighted by Crippen LogP contribution is -2.36. The second-order valence-electron chi connectivity index (χ2n) is 6.19. The minimum absolute atomic E-state index is 0.0748. The molecule has 30 heavy (non-hydrogen) atoms. The Morgan fingerprint density at radius 1 is 0.933 bits per heavy atom. The summed E-state index contributed by atoms with van der Waals surface area (Å²) in [5.74, 6) is -1.97. The van der Waals surface area contributed by atoms with Crippen LogP contribution in [0.1, 0.15) is 15.9 Å². The smallest absolute Gasteiger partial charge is 0.343 e. The van der Waals surface area contributed by atoms with Gasteiger partial charge in [-0.1, -0.05) is 6.07 Å². The van der Waals surface area contributed by atoms with E-state index in [1.165, 1.54) is 30.3 Å². The molecule has 0 atom stereocenters. The van der Waals surface area contributed by atoms with Gasteiger partial charge < -0.3 is 21.3 Å². The summed E-state index contributed by atoms with van der Waals surface area (Å²) < 4.78 is 49.5. The van der Waals surface area contributed by atoms with E-state index < -0.39 is 42.9 Å². The Balaban J connectivity index is 1.90. The lowest BCUT2D eigenvalue weighted by molar-refractivity contribution is -0.123. The molecule has 0 aliphatic heterocycles. The van der Waals surface area contributed by atoms with Gasteiger partial charge in [0, 0.05) is 16.9 Å². The minimum Gasteiger partial charge on any atom is -0.343 e. The van der Waals surface area contributed by atoms with E-state index in [9.17, 15) is 31.9 Å². The van der Waals surface area contributed by atoms with E-state index in [1.807, 2.05) is 0 Å². The van der Waals surface area contributed by atoms with Crippen LogP contribution >= 0.6 is 0 Å². The van der Waals surface area contributed by atoms with Crippen molar-refractivity contribution in [3.05, 3.63) is 59.4 Å².